The maximum absolute atomic E-state index is 12.8. The third-order valence-electron chi connectivity index (χ3n) is 5.55. The summed E-state index contributed by atoms with van der Waals surface area (Å²) in [5, 5.41) is 2.94. The van der Waals surface area contributed by atoms with Gasteiger partial charge in [-0.15, -0.1) is 0 Å². The van der Waals surface area contributed by atoms with Crippen LogP contribution in [0.2, 0.25) is 0 Å². The van der Waals surface area contributed by atoms with Crippen LogP contribution in [0, 0.1) is 6.92 Å². The summed E-state index contributed by atoms with van der Waals surface area (Å²) in [6, 6.07) is 14.8. The molecule has 1 aliphatic heterocycles. The van der Waals surface area contributed by atoms with Gasteiger partial charge in [0.2, 0.25) is 15.9 Å². The molecule has 1 atom stereocenters. The van der Waals surface area contributed by atoms with Crippen molar-refractivity contribution in [1.82, 2.24) is 10.2 Å². The van der Waals surface area contributed by atoms with E-state index in [0.717, 1.165) is 40.5 Å². The number of ether oxygens (including phenoxy) is 2. The zero-order chi connectivity index (χ0) is 23.1. The number of para-hydroxylation sites is 1. The number of hydrogen-bond acceptors (Lipinski definition) is 6. The summed E-state index contributed by atoms with van der Waals surface area (Å²) in [6.07, 6.45) is 1.11. The second-order valence-corrected chi connectivity index (χ2v) is 9.70. The first-order chi connectivity index (χ1) is 15.3. The van der Waals surface area contributed by atoms with Crippen LogP contribution in [0.1, 0.15) is 17.2 Å². The van der Waals surface area contributed by atoms with Crippen LogP contribution in [0.25, 0.3) is 0 Å². The number of sulfonamides is 1. The molecule has 0 radical (unpaired) electrons. The van der Waals surface area contributed by atoms with Gasteiger partial charge in [0.05, 0.1) is 38.3 Å². The van der Waals surface area contributed by atoms with Crippen molar-refractivity contribution in [2.45, 2.75) is 13.0 Å². The molecule has 9 heteroatoms. The maximum atomic E-state index is 12.8. The zero-order valence-electron chi connectivity index (χ0n) is 18.8. The van der Waals surface area contributed by atoms with Crippen molar-refractivity contribution in [3.8, 4) is 5.75 Å². The van der Waals surface area contributed by atoms with E-state index in [1.54, 1.807) is 19.2 Å². The lowest BCUT2D eigenvalue weighted by Gasteiger charge is -2.35. The van der Waals surface area contributed by atoms with Gasteiger partial charge in [0, 0.05) is 19.6 Å². The van der Waals surface area contributed by atoms with Crippen molar-refractivity contribution in [2.24, 2.45) is 0 Å². The predicted octanol–water partition coefficient (Wildman–Crippen LogP) is 1.96. The Morgan fingerprint density at radius 1 is 1.16 bits per heavy atom. The lowest BCUT2D eigenvalue weighted by atomic mass is 10.0. The predicted molar refractivity (Wildman–Crippen MR) is 125 cm³/mol. The highest BCUT2D eigenvalue weighted by atomic mass is 32.2. The average molecular weight is 462 g/mol. The van der Waals surface area contributed by atoms with Crippen LogP contribution < -0.4 is 14.4 Å². The van der Waals surface area contributed by atoms with E-state index in [4.69, 9.17) is 9.47 Å². The number of morpholine rings is 1. The molecule has 1 aliphatic rings. The number of anilines is 1. The average Bonchev–Trinajstić information content (AvgIpc) is 2.78. The van der Waals surface area contributed by atoms with Crippen LogP contribution in [0.5, 0.6) is 5.75 Å². The third kappa shape index (κ3) is 6.21. The van der Waals surface area contributed by atoms with Crippen LogP contribution in [0.3, 0.4) is 0 Å². The van der Waals surface area contributed by atoms with E-state index in [1.807, 2.05) is 43.3 Å². The minimum absolute atomic E-state index is 0.0566. The molecule has 32 heavy (non-hydrogen) atoms. The molecule has 1 heterocycles. The van der Waals surface area contributed by atoms with Crippen LogP contribution in [0.15, 0.2) is 48.5 Å². The van der Waals surface area contributed by atoms with Crippen molar-refractivity contribution in [3.63, 3.8) is 0 Å². The molecule has 1 fully saturated rings. The molecule has 0 aliphatic carbocycles. The van der Waals surface area contributed by atoms with Crippen molar-refractivity contribution in [1.29, 1.82) is 0 Å². The second kappa shape index (κ2) is 10.8. The molecule has 1 unspecified atom stereocenters. The molecule has 0 aromatic heterocycles. The Hall–Kier alpha value is -2.62. The molecule has 3 rings (SSSR count). The molecule has 1 N–H and O–H groups in total. The lowest BCUT2D eigenvalue weighted by molar-refractivity contribution is -0.120. The third-order valence-corrected chi connectivity index (χ3v) is 6.68. The van der Waals surface area contributed by atoms with Gasteiger partial charge in [-0.25, -0.2) is 8.42 Å². The molecular formula is C23H31N3O5S. The van der Waals surface area contributed by atoms with Gasteiger partial charge < -0.3 is 14.8 Å². The number of rotatable bonds is 9. The number of aryl methyl sites for hydroxylation is 1. The van der Waals surface area contributed by atoms with Crippen molar-refractivity contribution in [2.75, 3.05) is 57.1 Å². The highest BCUT2D eigenvalue weighted by molar-refractivity contribution is 7.92. The summed E-state index contributed by atoms with van der Waals surface area (Å²) >= 11 is 0. The van der Waals surface area contributed by atoms with Crippen molar-refractivity contribution in [3.05, 3.63) is 59.7 Å². The lowest BCUT2D eigenvalue weighted by Crippen LogP contribution is -2.46. The van der Waals surface area contributed by atoms with Crippen molar-refractivity contribution < 1.29 is 22.7 Å². The first-order valence-corrected chi connectivity index (χ1v) is 12.4. The van der Waals surface area contributed by atoms with Gasteiger partial charge in [-0.05, 0) is 36.2 Å². The first-order valence-electron chi connectivity index (χ1n) is 10.6. The fraction of sp³-hybridized carbons (Fsp3) is 0.435. The van der Waals surface area contributed by atoms with Crippen LogP contribution in [-0.4, -0.2) is 72.0 Å². The number of hydrogen-bond donors (Lipinski definition) is 1. The Bertz CT molecular complexity index is 1000. The van der Waals surface area contributed by atoms with Gasteiger partial charge in [-0.2, -0.15) is 0 Å². The number of benzene rings is 2. The molecule has 1 amide bonds. The van der Waals surface area contributed by atoms with Crippen LogP contribution in [-0.2, 0) is 19.6 Å². The number of methoxy groups -OCH3 is 1. The van der Waals surface area contributed by atoms with Gasteiger partial charge in [-0.1, -0.05) is 30.3 Å². The Morgan fingerprint density at radius 2 is 1.81 bits per heavy atom. The molecular weight excluding hydrogens is 430 g/mol. The normalized spacial score (nSPS) is 15.7. The second-order valence-electron chi connectivity index (χ2n) is 7.80. The summed E-state index contributed by atoms with van der Waals surface area (Å²) in [5.74, 6) is 0.408. The van der Waals surface area contributed by atoms with E-state index in [9.17, 15) is 13.2 Å². The van der Waals surface area contributed by atoms with Crippen LogP contribution >= 0.6 is 0 Å². The van der Waals surface area contributed by atoms with E-state index in [0.29, 0.717) is 25.4 Å². The van der Waals surface area contributed by atoms with E-state index >= 15 is 0 Å². The standard InChI is InChI=1S/C23H31N3O5S/c1-18-6-4-5-7-21(18)26(32(3,28)29)17-23(27)24-16-22(25-12-14-31-15-13-25)19-8-10-20(30-2)11-9-19/h4-11,22H,12-17H2,1-3H3,(H,24,27). The molecule has 174 valence electrons. The van der Waals surface area contributed by atoms with Gasteiger partial charge in [0.1, 0.15) is 12.3 Å². The Kier molecular flexibility index (Phi) is 8.11. The number of nitrogens with zero attached hydrogens (tertiary/aromatic N) is 2. The maximum Gasteiger partial charge on any atom is 0.240 e. The Morgan fingerprint density at radius 3 is 2.41 bits per heavy atom. The SMILES string of the molecule is COc1ccc(C(CNC(=O)CN(c2ccccc2C)S(C)(=O)=O)N2CCOCC2)cc1. The number of carbonyl (C=O) groups excluding carboxylic acids is 1. The number of nitrogens with one attached hydrogen (secondary N) is 1. The first kappa shape index (κ1) is 24.0. The van der Waals surface area contributed by atoms with Gasteiger partial charge >= 0.3 is 0 Å². The molecule has 1 saturated heterocycles. The Labute approximate surface area is 190 Å². The fourth-order valence-electron chi connectivity index (χ4n) is 3.79. The summed E-state index contributed by atoms with van der Waals surface area (Å²) < 4.78 is 36.7. The highest BCUT2D eigenvalue weighted by Gasteiger charge is 2.25. The highest BCUT2D eigenvalue weighted by Crippen LogP contribution is 2.24. The largest absolute Gasteiger partial charge is 0.497 e. The summed E-state index contributed by atoms with van der Waals surface area (Å²) in [5.41, 5.74) is 2.34. The molecule has 2 aromatic carbocycles. The minimum atomic E-state index is -3.62. The zero-order valence-corrected chi connectivity index (χ0v) is 19.6. The number of carbonyl (C=O) groups is 1. The summed E-state index contributed by atoms with van der Waals surface area (Å²) in [6.45, 7) is 4.68. The van der Waals surface area contributed by atoms with E-state index in [-0.39, 0.29) is 18.5 Å². The Balaban J connectivity index is 1.74. The van der Waals surface area contributed by atoms with E-state index < -0.39 is 10.0 Å². The van der Waals surface area contributed by atoms with E-state index in [1.165, 1.54) is 0 Å². The minimum Gasteiger partial charge on any atom is -0.497 e. The van der Waals surface area contributed by atoms with E-state index in [2.05, 4.69) is 10.2 Å². The van der Waals surface area contributed by atoms with Gasteiger partial charge in [-0.3, -0.25) is 14.0 Å². The van der Waals surface area contributed by atoms with Gasteiger partial charge in [0.15, 0.2) is 0 Å². The topological polar surface area (TPSA) is 88.2 Å². The summed E-state index contributed by atoms with van der Waals surface area (Å²) in [7, 11) is -2.00. The molecule has 0 saturated carbocycles. The number of amides is 1. The van der Waals surface area contributed by atoms with Crippen molar-refractivity contribution >= 4 is 21.6 Å². The summed E-state index contributed by atoms with van der Waals surface area (Å²) in [4.78, 5) is 15.1. The fourth-order valence-corrected chi connectivity index (χ4v) is 4.71. The molecule has 2 aromatic rings. The molecule has 8 nitrogen and oxygen atoms in total. The van der Waals surface area contributed by atoms with Gasteiger partial charge in [0.25, 0.3) is 0 Å². The molecule has 0 spiro atoms. The smallest absolute Gasteiger partial charge is 0.240 e. The monoisotopic (exact) mass is 461 g/mol. The van der Waals surface area contributed by atoms with Crippen LogP contribution in [0.4, 0.5) is 5.69 Å². The quantitative estimate of drug-likeness (QED) is 0.614. The molecule has 0 bridgehead atoms.